The van der Waals surface area contributed by atoms with Crippen molar-refractivity contribution in [2.24, 2.45) is 5.73 Å². The molecule has 2 heterocycles. The van der Waals surface area contributed by atoms with Gasteiger partial charge in [-0.1, -0.05) is 0 Å². The van der Waals surface area contributed by atoms with Crippen LogP contribution in [0.3, 0.4) is 0 Å². The van der Waals surface area contributed by atoms with Gasteiger partial charge in [0.1, 0.15) is 23.1 Å². The Morgan fingerprint density at radius 1 is 1.27 bits per heavy atom. The number of aliphatic carboxylic acids is 1. The second-order valence-corrected chi connectivity index (χ2v) is 6.78. The Balaban J connectivity index is 2.38. The third kappa shape index (κ3) is 3.68. The number of halogens is 2. The van der Waals surface area contributed by atoms with Gasteiger partial charge in [0.15, 0.2) is 5.82 Å². The van der Waals surface area contributed by atoms with Crippen LogP contribution in [0.4, 0.5) is 14.5 Å². The zero-order valence-electron chi connectivity index (χ0n) is 15.5. The molecule has 0 saturated carbocycles. The highest BCUT2D eigenvalue weighted by Crippen LogP contribution is 2.32. The normalized spacial score (nSPS) is 14.8. The molecule has 1 fully saturated rings. The maximum absolute atomic E-state index is 15.5. The van der Waals surface area contributed by atoms with E-state index < -0.39 is 69.5 Å². The summed E-state index contributed by atoms with van der Waals surface area (Å²) in [7, 11) is 0. The van der Waals surface area contributed by atoms with Crippen molar-refractivity contribution in [3.63, 3.8) is 0 Å². The first-order valence-corrected chi connectivity index (χ1v) is 8.90. The second kappa shape index (κ2) is 8.06. The number of aromatic carboxylic acids is 1. The van der Waals surface area contributed by atoms with E-state index in [0.29, 0.717) is 18.8 Å². The molecule has 5 N–H and O–H groups in total. The Morgan fingerprint density at radius 2 is 1.97 bits per heavy atom. The molecule has 0 radical (unpaired) electrons. The number of carbonyl (C=O) groups is 3. The molecule has 0 aliphatic carbocycles. The van der Waals surface area contributed by atoms with Crippen molar-refractivity contribution in [1.29, 1.82) is 0 Å². The summed E-state index contributed by atoms with van der Waals surface area (Å²) >= 11 is 0. The molecule has 0 bridgehead atoms. The minimum Gasteiger partial charge on any atom is -0.480 e. The molecule has 1 atom stereocenters. The number of primary amides is 1. The molecule has 1 saturated heterocycles. The largest absolute Gasteiger partial charge is 0.480 e. The fourth-order valence-electron chi connectivity index (χ4n) is 3.48. The summed E-state index contributed by atoms with van der Waals surface area (Å²) in [5.41, 5.74) is 2.02. The number of rotatable bonds is 7. The summed E-state index contributed by atoms with van der Waals surface area (Å²) in [6.07, 6.45) is -0.0857. The zero-order valence-corrected chi connectivity index (χ0v) is 15.5. The molecule has 1 aromatic heterocycles. The van der Waals surface area contributed by atoms with Gasteiger partial charge < -0.3 is 25.4 Å². The first kappa shape index (κ1) is 21.2. The third-order valence-electron chi connectivity index (χ3n) is 4.88. The van der Waals surface area contributed by atoms with Crippen molar-refractivity contribution >= 4 is 34.4 Å². The fourth-order valence-corrected chi connectivity index (χ4v) is 3.48. The minimum atomic E-state index is -1.69. The van der Waals surface area contributed by atoms with Crippen molar-refractivity contribution in [3.8, 4) is 0 Å². The molecule has 12 heteroatoms. The van der Waals surface area contributed by atoms with Gasteiger partial charge in [0.2, 0.25) is 11.3 Å². The van der Waals surface area contributed by atoms with Crippen molar-refractivity contribution in [2.75, 3.05) is 24.7 Å². The number of benzene rings is 1. The molecular formula is C18H18F2N4O6. The number of carboxylic acids is 2. The quantitative estimate of drug-likeness (QED) is 0.493. The van der Waals surface area contributed by atoms with Crippen LogP contribution in [0.25, 0.3) is 10.9 Å². The Labute approximate surface area is 167 Å². The SMILES string of the molecule is NC(=O)CCC(C(=O)O)n1cc(C(=O)O)c(=O)c2cc(F)c(N3CCNC3)c(F)c21. The van der Waals surface area contributed by atoms with E-state index in [1.54, 1.807) is 0 Å². The Hall–Kier alpha value is -3.54. The van der Waals surface area contributed by atoms with E-state index in [1.165, 1.54) is 4.90 Å². The zero-order chi connectivity index (χ0) is 22.2. The van der Waals surface area contributed by atoms with Gasteiger partial charge in [-0.3, -0.25) is 14.9 Å². The lowest BCUT2D eigenvalue weighted by Crippen LogP contribution is -2.29. The number of nitrogens with one attached hydrogen (secondary N) is 1. The van der Waals surface area contributed by atoms with Gasteiger partial charge >= 0.3 is 11.9 Å². The van der Waals surface area contributed by atoms with Crippen LogP contribution in [0.2, 0.25) is 0 Å². The van der Waals surface area contributed by atoms with Crippen molar-refractivity contribution in [1.82, 2.24) is 9.88 Å². The van der Waals surface area contributed by atoms with Gasteiger partial charge in [-0.2, -0.15) is 0 Å². The van der Waals surface area contributed by atoms with Crippen LogP contribution in [-0.2, 0) is 9.59 Å². The Morgan fingerprint density at radius 3 is 2.50 bits per heavy atom. The Bertz CT molecular complexity index is 1110. The van der Waals surface area contributed by atoms with Crippen LogP contribution in [0.1, 0.15) is 29.2 Å². The number of carbonyl (C=O) groups excluding carboxylic acids is 1. The smallest absolute Gasteiger partial charge is 0.341 e. The second-order valence-electron chi connectivity index (χ2n) is 6.78. The molecule has 2 aromatic rings. The predicted molar refractivity (Wildman–Crippen MR) is 100 cm³/mol. The van der Waals surface area contributed by atoms with Crippen LogP contribution < -0.4 is 21.4 Å². The van der Waals surface area contributed by atoms with Gasteiger partial charge in [-0.05, 0) is 12.5 Å². The molecule has 1 amide bonds. The minimum absolute atomic E-state index is 0.126. The van der Waals surface area contributed by atoms with Crippen LogP contribution in [-0.4, -0.2) is 52.4 Å². The number of pyridine rings is 1. The van der Waals surface area contributed by atoms with Crippen molar-refractivity contribution in [3.05, 3.63) is 39.7 Å². The van der Waals surface area contributed by atoms with Crippen LogP contribution in [0.5, 0.6) is 0 Å². The number of nitrogens with zero attached hydrogens (tertiary/aromatic N) is 2. The van der Waals surface area contributed by atoms with E-state index in [4.69, 9.17) is 5.73 Å². The summed E-state index contributed by atoms with van der Waals surface area (Å²) in [6, 6.07) is -0.923. The predicted octanol–water partition coefficient (Wildman–Crippen LogP) is 0.236. The van der Waals surface area contributed by atoms with Gasteiger partial charge in [-0.15, -0.1) is 0 Å². The van der Waals surface area contributed by atoms with E-state index in [-0.39, 0.29) is 19.6 Å². The fraction of sp³-hybridized carbons (Fsp3) is 0.333. The Kier molecular flexibility index (Phi) is 5.69. The van der Waals surface area contributed by atoms with Gasteiger partial charge in [0, 0.05) is 25.7 Å². The molecule has 1 unspecified atom stereocenters. The van der Waals surface area contributed by atoms with Gasteiger partial charge in [0.05, 0.1) is 17.6 Å². The lowest BCUT2D eigenvalue weighted by atomic mass is 10.1. The molecule has 30 heavy (non-hydrogen) atoms. The number of hydrogen-bond acceptors (Lipinski definition) is 6. The highest BCUT2D eigenvalue weighted by Gasteiger charge is 2.30. The number of nitrogens with two attached hydrogens (primary N) is 1. The molecule has 0 spiro atoms. The van der Waals surface area contributed by atoms with Crippen LogP contribution in [0.15, 0.2) is 17.1 Å². The highest BCUT2D eigenvalue weighted by molar-refractivity contribution is 5.94. The third-order valence-corrected chi connectivity index (χ3v) is 4.88. The average Bonchev–Trinajstić information content (AvgIpc) is 3.17. The van der Waals surface area contributed by atoms with Crippen LogP contribution in [0, 0.1) is 11.6 Å². The number of amides is 1. The van der Waals surface area contributed by atoms with E-state index in [9.17, 15) is 33.8 Å². The first-order chi connectivity index (χ1) is 14.1. The summed E-state index contributed by atoms with van der Waals surface area (Å²) in [4.78, 5) is 48.3. The summed E-state index contributed by atoms with van der Waals surface area (Å²) in [5, 5.41) is 21.2. The maximum atomic E-state index is 15.5. The molecule has 3 rings (SSSR count). The number of aromatic nitrogens is 1. The lowest BCUT2D eigenvalue weighted by Gasteiger charge is -2.23. The molecule has 1 aliphatic heterocycles. The number of fused-ring (bicyclic) bond motifs is 1. The van der Waals surface area contributed by atoms with E-state index in [1.807, 2.05) is 0 Å². The molecule has 1 aliphatic rings. The standard InChI is InChI=1S/C18H18F2N4O6/c19-10-5-8-14(13(20)15(10)23-4-3-22-7-23)24(6-9(16(8)26)17(27)28)11(18(29)30)1-2-12(21)25/h5-6,11,22H,1-4,7H2,(H2,21,25)(H,27,28)(H,29,30). The van der Waals surface area contributed by atoms with E-state index >= 15 is 4.39 Å². The summed E-state index contributed by atoms with van der Waals surface area (Å²) in [6.45, 7) is 0.847. The number of anilines is 1. The molecule has 1 aromatic carbocycles. The lowest BCUT2D eigenvalue weighted by molar-refractivity contribution is -0.141. The number of hydrogen-bond donors (Lipinski definition) is 4. The van der Waals surface area contributed by atoms with Gasteiger partial charge in [-0.25, -0.2) is 18.4 Å². The monoisotopic (exact) mass is 424 g/mol. The van der Waals surface area contributed by atoms with E-state index in [0.717, 1.165) is 4.57 Å². The number of carboxylic acid groups (broad SMARTS) is 2. The summed E-state index contributed by atoms with van der Waals surface area (Å²) in [5.74, 6) is -6.30. The maximum Gasteiger partial charge on any atom is 0.341 e. The van der Waals surface area contributed by atoms with E-state index in [2.05, 4.69) is 5.32 Å². The molecule has 10 nitrogen and oxygen atoms in total. The first-order valence-electron chi connectivity index (χ1n) is 8.90. The summed E-state index contributed by atoms with van der Waals surface area (Å²) < 4.78 is 30.9. The highest BCUT2D eigenvalue weighted by atomic mass is 19.1. The van der Waals surface area contributed by atoms with Gasteiger partial charge in [0.25, 0.3) is 0 Å². The van der Waals surface area contributed by atoms with Crippen molar-refractivity contribution < 1.29 is 33.4 Å². The molecular weight excluding hydrogens is 406 g/mol. The van der Waals surface area contributed by atoms with Crippen molar-refractivity contribution in [2.45, 2.75) is 18.9 Å². The average molecular weight is 424 g/mol. The molecule has 160 valence electrons. The van der Waals surface area contributed by atoms with Crippen LogP contribution >= 0.6 is 0 Å². The topological polar surface area (TPSA) is 155 Å².